The van der Waals surface area contributed by atoms with Crippen LogP contribution in [-0.2, 0) is 11.2 Å². The molecule has 1 aromatic rings. The summed E-state index contributed by atoms with van der Waals surface area (Å²) >= 11 is 0.868. The smallest absolute Gasteiger partial charge is 0.360 e. The third kappa shape index (κ3) is 4.85. The molecule has 6 nitrogen and oxygen atoms in total. The van der Waals surface area contributed by atoms with Crippen LogP contribution in [0, 0.1) is 0 Å². The zero-order valence-corrected chi connectivity index (χ0v) is 14.0. The standard InChI is InChI=1S/C14H19F2N3O3S/c1-4-22-12(20)10-11(18-13(21)19(3)8-5-6-8)23-9(17-10)7-14(2,15)16/h8H,4-7H2,1-3H3,(H,18,21). The Morgan fingerprint density at radius 3 is 2.65 bits per heavy atom. The van der Waals surface area contributed by atoms with Crippen molar-refractivity contribution in [3.63, 3.8) is 0 Å². The van der Waals surface area contributed by atoms with Crippen molar-refractivity contribution < 1.29 is 23.1 Å². The molecular weight excluding hydrogens is 328 g/mol. The van der Waals surface area contributed by atoms with E-state index in [-0.39, 0.29) is 28.4 Å². The van der Waals surface area contributed by atoms with E-state index in [1.165, 1.54) is 4.90 Å². The minimum Gasteiger partial charge on any atom is -0.461 e. The van der Waals surface area contributed by atoms with Crippen molar-refractivity contribution in [3.05, 3.63) is 10.7 Å². The minimum atomic E-state index is -2.95. The van der Waals surface area contributed by atoms with E-state index in [1.807, 2.05) is 0 Å². The summed E-state index contributed by atoms with van der Waals surface area (Å²) in [5, 5.41) is 2.79. The number of urea groups is 1. The molecule has 0 bridgehead atoms. The summed E-state index contributed by atoms with van der Waals surface area (Å²) in [4.78, 5) is 29.5. The summed E-state index contributed by atoms with van der Waals surface area (Å²) in [6.45, 7) is 2.53. The number of ether oxygens (including phenoxy) is 1. The quantitative estimate of drug-likeness (QED) is 0.803. The third-order valence-electron chi connectivity index (χ3n) is 3.24. The van der Waals surface area contributed by atoms with Gasteiger partial charge in [0.05, 0.1) is 13.0 Å². The van der Waals surface area contributed by atoms with E-state index >= 15 is 0 Å². The number of hydrogen-bond donors (Lipinski definition) is 1. The lowest BCUT2D eigenvalue weighted by Crippen LogP contribution is -2.33. The molecule has 0 atom stereocenters. The van der Waals surface area contributed by atoms with Crippen molar-refractivity contribution in [1.82, 2.24) is 9.88 Å². The Balaban J connectivity index is 2.20. The predicted octanol–water partition coefficient (Wildman–Crippen LogP) is 3.14. The van der Waals surface area contributed by atoms with Crippen LogP contribution in [0.1, 0.15) is 42.2 Å². The van der Waals surface area contributed by atoms with Crippen molar-refractivity contribution in [2.45, 2.75) is 45.1 Å². The van der Waals surface area contributed by atoms with Gasteiger partial charge in [-0.2, -0.15) is 0 Å². The van der Waals surface area contributed by atoms with E-state index < -0.39 is 24.3 Å². The SMILES string of the molecule is CCOC(=O)c1nc(CC(C)(F)F)sc1NC(=O)N(C)C1CC1. The Bertz CT molecular complexity index is 597. The summed E-state index contributed by atoms with van der Waals surface area (Å²) in [5.74, 6) is -3.69. The molecule has 0 unspecified atom stereocenters. The molecule has 1 saturated carbocycles. The first-order valence-electron chi connectivity index (χ1n) is 7.29. The first-order chi connectivity index (χ1) is 10.7. The molecule has 2 rings (SSSR count). The van der Waals surface area contributed by atoms with Gasteiger partial charge < -0.3 is 9.64 Å². The van der Waals surface area contributed by atoms with E-state index in [4.69, 9.17) is 4.74 Å². The maximum Gasteiger partial charge on any atom is 0.360 e. The van der Waals surface area contributed by atoms with Crippen LogP contribution in [0.5, 0.6) is 0 Å². The highest BCUT2D eigenvalue weighted by atomic mass is 32.1. The number of alkyl halides is 2. The number of nitrogens with one attached hydrogen (secondary N) is 1. The highest BCUT2D eigenvalue weighted by Crippen LogP contribution is 2.31. The molecule has 1 heterocycles. The van der Waals surface area contributed by atoms with Crippen LogP contribution in [0.3, 0.4) is 0 Å². The first-order valence-corrected chi connectivity index (χ1v) is 8.11. The van der Waals surface area contributed by atoms with Gasteiger partial charge in [-0.1, -0.05) is 0 Å². The van der Waals surface area contributed by atoms with Gasteiger partial charge in [0, 0.05) is 13.1 Å². The van der Waals surface area contributed by atoms with E-state index in [0.29, 0.717) is 0 Å². The van der Waals surface area contributed by atoms with Crippen LogP contribution in [0.4, 0.5) is 18.6 Å². The fraction of sp³-hybridized carbons (Fsp3) is 0.643. The number of anilines is 1. The Hall–Kier alpha value is -1.77. The molecule has 9 heteroatoms. The second kappa shape index (κ2) is 6.77. The largest absolute Gasteiger partial charge is 0.461 e. The van der Waals surface area contributed by atoms with Crippen molar-refractivity contribution in [2.24, 2.45) is 0 Å². The van der Waals surface area contributed by atoms with Gasteiger partial charge in [-0.05, 0) is 26.7 Å². The molecule has 0 aliphatic heterocycles. The fourth-order valence-corrected chi connectivity index (χ4v) is 3.00. The molecule has 1 N–H and O–H groups in total. The van der Waals surface area contributed by atoms with Gasteiger partial charge in [0.2, 0.25) is 0 Å². The van der Waals surface area contributed by atoms with Crippen LogP contribution in [0.15, 0.2) is 0 Å². The van der Waals surface area contributed by atoms with Gasteiger partial charge in [-0.25, -0.2) is 23.4 Å². The molecule has 1 fully saturated rings. The molecule has 23 heavy (non-hydrogen) atoms. The van der Waals surface area contributed by atoms with Crippen molar-refractivity contribution in [1.29, 1.82) is 0 Å². The highest BCUT2D eigenvalue weighted by Gasteiger charge is 2.32. The lowest BCUT2D eigenvalue weighted by atomic mass is 10.3. The maximum absolute atomic E-state index is 13.2. The number of carbonyl (C=O) groups excluding carboxylic acids is 2. The Labute approximate surface area is 136 Å². The lowest BCUT2D eigenvalue weighted by molar-refractivity contribution is 0.0223. The van der Waals surface area contributed by atoms with Crippen molar-refractivity contribution in [3.8, 4) is 0 Å². The van der Waals surface area contributed by atoms with Gasteiger partial charge in [-0.3, -0.25) is 5.32 Å². The van der Waals surface area contributed by atoms with Crippen LogP contribution in [0.2, 0.25) is 0 Å². The monoisotopic (exact) mass is 347 g/mol. The molecule has 2 amide bonds. The Morgan fingerprint density at radius 2 is 2.13 bits per heavy atom. The van der Waals surface area contributed by atoms with Gasteiger partial charge in [0.25, 0.3) is 5.92 Å². The number of nitrogens with zero attached hydrogens (tertiary/aromatic N) is 2. The number of rotatable bonds is 6. The first kappa shape index (κ1) is 17.6. The van der Waals surface area contributed by atoms with Gasteiger partial charge in [0.15, 0.2) is 5.69 Å². The lowest BCUT2D eigenvalue weighted by Gasteiger charge is -2.16. The molecule has 0 radical (unpaired) electrons. The number of halogens is 2. The van der Waals surface area contributed by atoms with Crippen molar-refractivity contribution >= 4 is 28.3 Å². The molecule has 1 aliphatic carbocycles. The summed E-state index contributed by atoms with van der Waals surface area (Å²) < 4.78 is 31.2. The number of aromatic nitrogens is 1. The summed E-state index contributed by atoms with van der Waals surface area (Å²) in [7, 11) is 1.65. The number of amides is 2. The Kier molecular flexibility index (Phi) is 5.18. The van der Waals surface area contributed by atoms with E-state index in [1.54, 1.807) is 14.0 Å². The maximum atomic E-state index is 13.2. The summed E-state index contributed by atoms with van der Waals surface area (Å²) in [6.07, 6.45) is 1.27. The fourth-order valence-electron chi connectivity index (χ4n) is 1.94. The highest BCUT2D eigenvalue weighted by molar-refractivity contribution is 7.16. The molecule has 0 spiro atoms. The summed E-state index contributed by atoms with van der Waals surface area (Å²) in [6, 6.07) is -0.204. The molecular formula is C14H19F2N3O3S. The minimum absolute atomic E-state index is 0.0740. The van der Waals surface area contributed by atoms with Crippen LogP contribution in [0.25, 0.3) is 0 Å². The normalized spacial score (nSPS) is 14.5. The van der Waals surface area contributed by atoms with Crippen molar-refractivity contribution in [2.75, 3.05) is 19.0 Å². The number of carbonyl (C=O) groups is 2. The Morgan fingerprint density at radius 1 is 1.48 bits per heavy atom. The molecule has 1 aromatic heterocycles. The molecule has 1 aliphatic rings. The molecule has 0 saturated heterocycles. The topological polar surface area (TPSA) is 71.5 Å². The molecule has 128 valence electrons. The van der Waals surface area contributed by atoms with E-state index in [2.05, 4.69) is 10.3 Å². The van der Waals surface area contributed by atoms with Crippen LogP contribution in [-0.4, -0.2) is 47.5 Å². The number of thiazole rings is 1. The predicted molar refractivity (Wildman–Crippen MR) is 82.2 cm³/mol. The number of esters is 1. The van der Waals surface area contributed by atoms with Gasteiger partial charge in [0.1, 0.15) is 10.0 Å². The van der Waals surface area contributed by atoms with Gasteiger partial charge >= 0.3 is 12.0 Å². The van der Waals surface area contributed by atoms with Crippen LogP contribution >= 0.6 is 11.3 Å². The average Bonchev–Trinajstić information content (AvgIpc) is 3.20. The molecule has 0 aromatic carbocycles. The van der Waals surface area contributed by atoms with E-state index in [0.717, 1.165) is 31.1 Å². The van der Waals surface area contributed by atoms with E-state index in [9.17, 15) is 18.4 Å². The van der Waals surface area contributed by atoms with Crippen LogP contribution < -0.4 is 5.32 Å². The second-order valence-corrected chi connectivity index (χ2v) is 6.61. The number of hydrogen-bond acceptors (Lipinski definition) is 5. The zero-order chi connectivity index (χ0) is 17.2. The van der Waals surface area contributed by atoms with Gasteiger partial charge in [-0.15, -0.1) is 11.3 Å². The third-order valence-corrected chi connectivity index (χ3v) is 4.21. The average molecular weight is 347 g/mol. The zero-order valence-electron chi connectivity index (χ0n) is 13.2. The summed E-state index contributed by atoms with van der Waals surface area (Å²) in [5.41, 5.74) is -0.131. The second-order valence-electron chi connectivity index (χ2n) is 5.53.